The van der Waals surface area contributed by atoms with Gasteiger partial charge in [-0.05, 0) is 23.3 Å². The Labute approximate surface area is 166 Å². The average Bonchev–Trinajstić information content (AvgIpc) is 3.28. The maximum absolute atomic E-state index is 13.1. The first-order valence-electron chi connectivity index (χ1n) is 9.15. The van der Waals surface area contributed by atoms with Crippen molar-refractivity contribution in [3.8, 4) is 5.75 Å². The van der Waals surface area contributed by atoms with E-state index in [0.717, 1.165) is 5.56 Å². The molecule has 1 saturated heterocycles. The lowest BCUT2D eigenvalue weighted by atomic mass is 9.77. The molecule has 148 valence electrons. The first-order chi connectivity index (χ1) is 14.1. The summed E-state index contributed by atoms with van der Waals surface area (Å²) in [7, 11) is 1.59. The Morgan fingerprint density at radius 1 is 1.17 bits per heavy atom. The van der Waals surface area contributed by atoms with Gasteiger partial charge < -0.3 is 9.47 Å². The zero-order chi connectivity index (χ0) is 20.4. The van der Waals surface area contributed by atoms with E-state index in [1.807, 2.05) is 24.3 Å². The van der Waals surface area contributed by atoms with Crippen LogP contribution in [0.25, 0.3) is 0 Å². The van der Waals surface area contributed by atoms with E-state index in [2.05, 4.69) is 5.10 Å². The Kier molecular flexibility index (Phi) is 4.99. The summed E-state index contributed by atoms with van der Waals surface area (Å²) in [6.45, 7) is 0. The monoisotopic (exact) mass is 393 g/mol. The van der Waals surface area contributed by atoms with Crippen LogP contribution in [0.3, 0.4) is 0 Å². The van der Waals surface area contributed by atoms with Crippen molar-refractivity contribution in [2.24, 2.45) is 0 Å². The molecule has 3 atom stereocenters. The number of carbonyl (C=O) groups excluding carboxylic acids is 1. The van der Waals surface area contributed by atoms with Gasteiger partial charge in [0.1, 0.15) is 5.75 Å². The lowest BCUT2D eigenvalue weighted by Gasteiger charge is -2.36. The summed E-state index contributed by atoms with van der Waals surface area (Å²) in [5.74, 6) is -0.582. The molecular weight excluding hydrogens is 374 g/mol. The number of ether oxygens (including phenoxy) is 2. The molecule has 3 aromatic rings. The van der Waals surface area contributed by atoms with Crippen LogP contribution in [0.1, 0.15) is 35.6 Å². The summed E-state index contributed by atoms with van der Waals surface area (Å²) in [4.78, 5) is 23.6. The van der Waals surface area contributed by atoms with Crippen LogP contribution >= 0.6 is 0 Å². The van der Waals surface area contributed by atoms with E-state index >= 15 is 0 Å². The summed E-state index contributed by atoms with van der Waals surface area (Å²) in [6, 6.07) is 15.4. The Hall–Kier alpha value is -3.68. The van der Waals surface area contributed by atoms with E-state index in [0.29, 0.717) is 17.7 Å². The normalized spacial score (nSPS) is 21.4. The van der Waals surface area contributed by atoms with Crippen LogP contribution in [0, 0.1) is 10.1 Å². The van der Waals surface area contributed by atoms with Crippen LogP contribution in [0.15, 0.2) is 67.0 Å². The maximum Gasteiger partial charge on any atom is 0.316 e. The fraction of sp³-hybridized carbons (Fsp3) is 0.238. The minimum absolute atomic E-state index is 0.0267. The molecule has 0 N–H and O–H groups in total. The number of benzene rings is 2. The Balaban J connectivity index is 1.77. The summed E-state index contributed by atoms with van der Waals surface area (Å²) < 4.78 is 12.8. The molecule has 8 nitrogen and oxygen atoms in total. The number of rotatable bonds is 5. The van der Waals surface area contributed by atoms with Crippen molar-refractivity contribution >= 4 is 11.7 Å². The number of carbonyl (C=O) groups is 1. The first kappa shape index (κ1) is 18.7. The molecular formula is C21H19N3O5. The standard InChI is InChI=1S/C21H19N3O5/c1-28-18-6-3-2-5-16(18)17-13-19(23-12-4-11-22-23)29-21(25)20(17)14-7-9-15(10-8-14)24(26)27/h2-12,17,19-20H,13H2,1H3/t17-,19+,20-/m0/s1. The minimum Gasteiger partial charge on any atom is -0.496 e. The summed E-state index contributed by atoms with van der Waals surface area (Å²) in [5.41, 5.74) is 1.52. The van der Waals surface area contributed by atoms with Gasteiger partial charge in [-0.2, -0.15) is 5.10 Å². The van der Waals surface area contributed by atoms with E-state index in [9.17, 15) is 14.9 Å². The predicted molar refractivity (Wildman–Crippen MR) is 104 cm³/mol. The summed E-state index contributed by atoms with van der Waals surface area (Å²) in [6.07, 6.45) is 3.34. The zero-order valence-corrected chi connectivity index (χ0v) is 15.7. The highest BCUT2D eigenvalue weighted by Crippen LogP contribution is 2.47. The van der Waals surface area contributed by atoms with Gasteiger partial charge in [-0.15, -0.1) is 0 Å². The first-order valence-corrected chi connectivity index (χ1v) is 9.15. The van der Waals surface area contributed by atoms with E-state index in [1.54, 1.807) is 42.4 Å². The molecule has 0 saturated carbocycles. The Morgan fingerprint density at radius 3 is 2.59 bits per heavy atom. The molecule has 0 bridgehead atoms. The minimum atomic E-state index is -0.612. The number of hydrogen-bond donors (Lipinski definition) is 0. The average molecular weight is 393 g/mol. The topological polar surface area (TPSA) is 96.5 Å². The second-order valence-electron chi connectivity index (χ2n) is 6.79. The molecule has 1 aliphatic heterocycles. The number of hydrogen-bond acceptors (Lipinski definition) is 6. The van der Waals surface area contributed by atoms with E-state index in [1.165, 1.54) is 12.1 Å². The molecule has 1 aromatic heterocycles. The van der Waals surface area contributed by atoms with Gasteiger partial charge in [0.05, 0.1) is 18.0 Å². The maximum atomic E-state index is 13.1. The third kappa shape index (κ3) is 3.56. The summed E-state index contributed by atoms with van der Waals surface area (Å²) >= 11 is 0. The number of cyclic esters (lactones) is 1. The van der Waals surface area contributed by atoms with Gasteiger partial charge in [-0.3, -0.25) is 14.9 Å². The number of nitro groups is 1. The molecule has 0 unspecified atom stereocenters. The predicted octanol–water partition coefficient (Wildman–Crippen LogP) is 3.81. The van der Waals surface area contributed by atoms with Gasteiger partial charge >= 0.3 is 5.97 Å². The zero-order valence-electron chi connectivity index (χ0n) is 15.7. The molecule has 0 spiro atoms. The number of nitro benzene ring substituents is 1. The Bertz CT molecular complexity index is 1020. The van der Waals surface area contributed by atoms with Gasteiger partial charge in [-0.1, -0.05) is 30.3 Å². The molecule has 8 heteroatoms. The van der Waals surface area contributed by atoms with Crippen molar-refractivity contribution < 1.29 is 19.2 Å². The highest BCUT2D eigenvalue weighted by atomic mass is 16.6. The van der Waals surface area contributed by atoms with E-state index < -0.39 is 23.0 Å². The number of methoxy groups -OCH3 is 1. The van der Waals surface area contributed by atoms with Gasteiger partial charge in [0, 0.05) is 36.9 Å². The van der Waals surface area contributed by atoms with Crippen molar-refractivity contribution in [3.05, 3.63) is 88.2 Å². The van der Waals surface area contributed by atoms with Crippen LogP contribution < -0.4 is 4.74 Å². The van der Waals surface area contributed by atoms with E-state index in [-0.39, 0.29) is 11.6 Å². The largest absolute Gasteiger partial charge is 0.496 e. The third-order valence-corrected chi connectivity index (χ3v) is 5.19. The molecule has 1 aliphatic rings. The second kappa shape index (κ2) is 7.75. The van der Waals surface area contributed by atoms with Crippen LogP contribution in [0.5, 0.6) is 5.75 Å². The van der Waals surface area contributed by atoms with Gasteiger partial charge in [0.25, 0.3) is 5.69 Å². The SMILES string of the molecule is COc1ccccc1[C@@H]1C[C@H](n2cccn2)OC(=O)[C@H]1c1ccc([N+](=O)[O-])cc1. The Morgan fingerprint density at radius 2 is 1.93 bits per heavy atom. The van der Waals surface area contributed by atoms with Crippen molar-refractivity contribution in [1.82, 2.24) is 9.78 Å². The number of aromatic nitrogens is 2. The number of nitrogens with zero attached hydrogens (tertiary/aromatic N) is 3. The van der Waals surface area contributed by atoms with Crippen molar-refractivity contribution in [1.29, 1.82) is 0 Å². The van der Waals surface area contributed by atoms with Crippen LogP contribution in [-0.2, 0) is 9.53 Å². The van der Waals surface area contributed by atoms with Gasteiger partial charge in [0.15, 0.2) is 6.23 Å². The van der Waals surface area contributed by atoms with Crippen LogP contribution in [0.2, 0.25) is 0 Å². The molecule has 29 heavy (non-hydrogen) atoms. The molecule has 0 amide bonds. The smallest absolute Gasteiger partial charge is 0.316 e. The van der Waals surface area contributed by atoms with Crippen LogP contribution in [-0.4, -0.2) is 27.8 Å². The number of para-hydroxylation sites is 1. The quantitative estimate of drug-likeness (QED) is 0.371. The molecule has 2 heterocycles. The number of esters is 1. The fourth-order valence-corrected chi connectivity index (χ4v) is 3.84. The van der Waals surface area contributed by atoms with Crippen molar-refractivity contribution in [2.75, 3.05) is 7.11 Å². The van der Waals surface area contributed by atoms with E-state index in [4.69, 9.17) is 9.47 Å². The highest BCUT2D eigenvalue weighted by Gasteiger charge is 2.42. The lowest BCUT2D eigenvalue weighted by Crippen LogP contribution is -2.34. The van der Waals surface area contributed by atoms with Gasteiger partial charge in [0.2, 0.25) is 0 Å². The van der Waals surface area contributed by atoms with Crippen molar-refractivity contribution in [2.45, 2.75) is 24.5 Å². The molecule has 0 aliphatic carbocycles. The number of non-ortho nitro benzene ring substituents is 1. The fourth-order valence-electron chi connectivity index (χ4n) is 3.84. The van der Waals surface area contributed by atoms with Gasteiger partial charge in [-0.25, -0.2) is 4.68 Å². The third-order valence-electron chi connectivity index (χ3n) is 5.19. The molecule has 2 aromatic carbocycles. The van der Waals surface area contributed by atoms with Crippen molar-refractivity contribution in [3.63, 3.8) is 0 Å². The molecule has 1 fully saturated rings. The lowest BCUT2D eigenvalue weighted by molar-refractivity contribution is -0.384. The summed E-state index contributed by atoms with van der Waals surface area (Å²) in [5, 5.41) is 15.2. The molecule has 4 rings (SSSR count). The second-order valence-corrected chi connectivity index (χ2v) is 6.79. The highest BCUT2D eigenvalue weighted by molar-refractivity contribution is 5.81. The van der Waals surface area contributed by atoms with Crippen LogP contribution in [0.4, 0.5) is 5.69 Å². The molecule has 0 radical (unpaired) electrons.